The van der Waals surface area contributed by atoms with Crippen LogP contribution in [0.5, 0.6) is 0 Å². The van der Waals surface area contributed by atoms with Gasteiger partial charge < -0.3 is 10.1 Å². The van der Waals surface area contributed by atoms with Crippen LogP contribution in [0, 0.1) is 5.92 Å². The normalized spacial score (nSPS) is 13.6. The second kappa shape index (κ2) is 8.31. The van der Waals surface area contributed by atoms with Crippen LogP contribution >= 0.6 is 28.6 Å². The third-order valence-corrected chi connectivity index (χ3v) is 3.36. The highest BCUT2D eigenvalue weighted by Gasteiger charge is 2.23. The largest absolute Gasteiger partial charge is 0.464 e. The molecule has 1 heterocycles. The van der Waals surface area contributed by atoms with Gasteiger partial charge in [0, 0.05) is 11.9 Å². The second-order valence-corrected chi connectivity index (χ2v) is 5.56. The SMILES string of the molecule is CCOC(=O)[C@H](CS)NC(=O)C(C)Cn1cc(Br)cn1. The van der Waals surface area contributed by atoms with Gasteiger partial charge in [0.2, 0.25) is 5.91 Å². The number of nitrogens with zero attached hydrogens (tertiary/aromatic N) is 2. The summed E-state index contributed by atoms with van der Waals surface area (Å²) in [5.74, 6) is -0.822. The molecule has 0 aliphatic heterocycles. The van der Waals surface area contributed by atoms with Gasteiger partial charge >= 0.3 is 5.97 Å². The maximum Gasteiger partial charge on any atom is 0.329 e. The van der Waals surface area contributed by atoms with E-state index in [4.69, 9.17) is 4.74 Å². The molecule has 0 aromatic carbocycles. The van der Waals surface area contributed by atoms with Crippen LogP contribution in [0.2, 0.25) is 0 Å². The van der Waals surface area contributed by atoms with E-state index >= 15 is 0 Å². The summed E-state index contributed by atoms with van der Waals surface area (Å²) in [4.78, 5) is 23.6. The molecule has 112 valence electrons. The highest BCUT2D eigenvalue weighted by molar-refractivity contribution is 9.10. The van der Waals surface area contributed by atoms with Crippen LogP contribution in [0.4, 0.5) is 0 Å². The average molecular weight is 364 g/mol. The Balaban J connectivity index is 2.53. The fourth-order valence-corrected chi connectivity index (χ4v) is 2.11. The third kappa shape index (κ3) is 5.16. The monoisotopic (exact) mass is 363 g/mol. The van der Waals surface area contributed by atoms with Gasteiger partial charge in [0.15, 0.2) is 0 Å². The van der Waals surface area contributed by atoms with E-state index in [2.05, 4.69) is 39.0 Å². The number of amides is 1. The quantitative estimate of drug-likeness (QED) is 0.564. The minimum absolute atomic E-state index is 0.199. The van der Waals surface area contributed by atoms with Gasteiger partial charge in [-0.15, -0.1) is 0 Å². The number of nitrogens with one attached hydrogen (secondary N) is 1. The van der Waals surface area contributed by atoms with Gasteiger partial charge in [-0.25, -0.2) is 4.79 Å². The number of rotatable bonds is 7. The van der Waals surface area contributed by atoms with E-state index in [1.807, 2.05) is 0 Å². The van der Waals surface area contributed by atoms with Gasteiger partial charge in [0.25, 0.3) is 0 Å². The molecular weight excluding hydrogens is 346 g/mol. The summed E-state index contributed by atoms with van der Waals surface area (Å²) in [7, 11) is 0. The molecule has 1 aromatic rings. The fourth-order valence-electron chi connectivity index (χ4n) is 1.54. The lowest BCUT2D eigenvalue weighted by Crippen LogP contribution is -2.45. The zero-order valence-electron chi connectivity index (χ0n) is 11.4. The van der Waals surface area contributed by atoms with Crippen LogP contribution in [0.15, 0.2) is 16.9 Å². The molecule has 0 aliphatic rings. The number of carbonyl (C=O) groups is 2. The molecule has 1 rings (SSSR count). The molecule has 20 heavy (non-hydrogen) atoms. The first-order chi connectivity index (χ1) is 9.47. The Morgan fingerprint density at radius 3 is 2.80 bits per heavy atom. The first kappa shape index (κ1) is 17.0. The summed E-state index contributed by atoms with van der Waals surface area (Å²) >= 11 is 7.35. The molecule has 8 heteroatoms. The van der Waals surface area contributed by atoms with E-state index in [1.54, 1.807) is 30.9 Å². The van der Waals surface area contributed by atoms with E-state index in [9.17, 15) is 9.59 Å². The highest BCUT2D eigenvalue weighted by Crippen LogP contribution is 2.09. The van der Waals surface area contributed by atoms with Gasteiger partial charge in [-0.2, -0.15) is 17.7 Å². The molecular formula is C12H18BrN3O3S. The van der Waals surface area contributed by atoms with E-state index in [0.717, 1.165) is 4.47 Å². The summed E-state index contributed by atoms with van der Waals surface area (Å²) in [5.41, 5.74) is 0. The van der Waals surface area contributed by atoms with Crippen LogP contribution in [0.1, 0.15) is 13.8 Å². The number of esters is 1. The molecule has 1 N–H and O–H groups in total. The summed E-state index contributed by atoms with van der Waals surface area (Å²) in [6.07, 6.45) is 3.44. The van der Waals surface area contributed by atoms with Gasteiger partial charge in [-0.1, -0.05) is 6.92 Å². The molecule has 0 spiro atoms. The van der Waals surface area contributed by atoms with E-state index < -0.39 is 12.0 Å². The molecule has 2 atom stereocenters. The molecule has 0 saturated carbocycles. The van der Waals surface area contributed by atoms with Crippen molar-refractivity contribution in [1.29, 1.82) is 0 Å². The standard InChI is InChI=1S/C12H18BrN3O3S/c1-3-19-12(18)10(7-20)15-11(17)8(2)5-16-6-9(13)4-14-16/h4,6,8,10,20H,3,5,7H2,1-2H3,(H,15,17)/t8?,10-/m0/s1. The predicted octanol–water partition coefficient (Wildman–Crippen LogP) is 1.26. The molecule has 1 amide bonds. The second-order valence-electron chi connectivity index (χ2n) is 4.28. The highest BCUT2D eigenvalue weighted by atomic mass is 79.9. The Kier molecular flexibility index (Phi) is 7.08. The number of halogens is 1. The van der Waals surface area contributed by atoms with Crippen LogP contribution in [0.25, 0.3) is 0 Å². The summed E-state index contributed by atoms with van der Waals surface area (Å²) in [6.45, 7) is 4.19. The van der Waals surface area contributed by atoms with Gasteiger partial charge in [0.05, 0.1) is 29.7 Å². The van der Waals surface area contributed by atoms with Crippen molar-refractivity contribution in [1.82, 2.24) is 15.1 Å². The van der Waals surface area contributed by atoms with Gasteiger partial charge in [-0.3, -0.25) is 9.48 Å². The number of hydrogen-bond donors (Lipinski definition) is 2. The van der Waals surface area contributed by atoms with Crippen LogP contribution in [-0.4, -0.2) is 40.1 Å². The molecule has 0 fully saturated rings. The molecule has 0 saturated heterocycles. The van der Waals surface area contributed by atoms with Crippen LogP contribution in [-0.2, 0) is 20.9 Å². The molecule has 0 aliphatic carbocycles. The van der Waals surface area contributed by atoms with Gasteiger partial charge in [-0.05, 0) is 22.9 Å². The van der Waals surface area contributed by atoms with Crippen molar-refractivity contribution >= 4 is 40.4 Å². The minimum Gasteiger partial charge on any atom is -0.464 e. The Morgan fingerprint density at radius 1 is 1.60 bits per heavy atom. The number of aromatic nitrogens is 2. The number of thiol groups is 1. The van der Waals surface area contributed by atoms with Crippen molar-refractivity contribution in [3.8, 4) is 0 Å². The predicted molar refractivity (Wildman–Crippen MR) is 81.5 cm³/mol. The molecule has 1 unspecified atom stereocenters. The van der Waals surface area contributed by atoms with Crippen molar-refractivity contribution < 1.29 is 14.3 Å². The molecule has 6 nitrogen and oxygen atoms in total. The average Bonchev–Trinajstić information content (AvgIpc) is 2.81. The van der Waals surface area contributed by atoms with Gasteiger partial charge in [0.1, 0.15) is 6.04 Å². The maximum atomic E-state index is 12.0. The van der Waals surface area contributed by atoms with Crippen molar-refractivity contribution in [2.75, 3.05) is 12.4 Å². The Hall–Kier alpha value is -1.02. The molecule has 1 aromatic heterocycles. The van der Waals surface area contributed by atoms with E-state index in [1.165, 1.54) is 0 Å². The first-order valence-electron chi connectivity index (χ1n) is 6.23. The van der Waals surface area contributed by atoms with Crippen molar-refractivity contribution in [2.45, 2.75) is 26.4 Å². The summed E-state index contributed by atoms with van der Waals surface area (Å²) in [6, 6.07) is -0.724. The Labute approximate surface area is 131 Å². The number of hydrogen-bond acceptors (Lipinski definition) is 5. The van der Waals surface area contributed by atoms with E-state index in [-0.39, 0.29) is 24.2 Å². The zero-order valence-corrected chi connectivity index (χ0v) is 13.9. The molecule has 0 radical (unpaired) electrons. The summed E-state index contributed by atoms with van der Waals surface area (Å²) in [5, 5.41) is 6.72. The Morgan fingerprint density at radius 2 is 2.30 bits per heavy atom. The lowest BCUT2D eigenvalue weighted by molar-refractivity contribution is -0.147. The molecule has 0 bridgehead atoms. The number of ether oxygens (including phenoxy) is 1. The lowest BCUT2D eigenvalue weighted by atomic mass is 10.1. The first-order valence-corrected chi connectivity index (χ1v) is 7.66. The lowest BCUT2D eigenvalue weighted by Gasteiger charge is -2.18. The van der Waals surface area contributed by atoms with Crippen molar-refractivity contribution in [3.63, 3.8) is 0 Å². The number of carbonyl (C=O) groups excluding carboxylic acids is 2. The topological polar surface area (TPSA) is 73.2 Å². The third-order valence-electron chi connectivity index (χ3n) is 2.58. The van der Waals surface area contributed by atoms with Crippen molar-refractivity contribution in [3.05, 3.63) is 16.9 Å². The minimum atomic E-state index is -0.724. The fraction of sp³-hybridized carbons (Fsp3) is 0.583. The Bertz CT molecular complexity index is 467. The van der Waals surface area contributed by atoms with E-state index in [0.29, 0.717) is 6.54 Å². The maximum absolute atomic E-state index is 12.0. The zero-order chi connectivity index (χ0) is 15.1. The smallest absolute Gasteiger partial charge is 0.329 e. The van der Waals surface area contributed by atoms with Crippen LogP contribution < -0.4 is 5.32 Å². The summed E-state index contributed by atoms with van der Waals surface area (Å²) < 4.78 is 7.38. The van der Waals surface area contributed by atoms with Crippen LogP contribution in [0.3, 0.4) is 0 Å². The van der Waals surface area contributed by atoms with Crippen molar-refractivity contribution in [2.24, 2.45) is 5.92 Å².